The summed E-state index contributed by atoms with van der Waals surface area (Å²) >= 11 is 0. The highest BCUT2D eigenvalue weighted by Crippen LogP contribution is 2.67. The van der Waals surface area contributed by atoms with Crippen LogP contribution in [-0.4, -0.2) is 11.2 Å². The van der Waals surface area contributed by atoms with E-state index < -0.39 is 0 Å². The van der Waals surface area contributed by atoms with Crippen LogP contribution in [-0.2, 0) is 0 Å². The van der Waals surface area contributed by atoms with E-state index in [2.05, 4.69) is 66.7 Å². The maximum Gasteiger partial charge on any atom is 0.0568 e. The number of aliphatic hydroxyl groups excluding tert-OH is 1. The normalized spacial score (nSPS) is 48.1. The fraction of sp³-hybridized carbons (Fsp3) is 0.862. The minimum Gasteiger partial charge on any atom is -0.393 e. The van der Waals surface area contributed by atoms with Crippen LogP contribution in [0.5, 0.6) is 0 Å². The van der Waals surface area contributed by atoms with Crippen LogP contribution in [0.3, 0.4) is 0 Å². The molecule has 3 fully saturated rings. The Balaban J connectivity index is 1.56. The van der Waals surface area contributed by atoms with Crippen LogP contribution in [0.15, 0.2) is 23.8 Å². The number of hydrogen-bond acceptors (Lipinski definition) is 1. The Kier molecular flexibility index (Phi) is 6.10. The molecule has 4 aliphatic carbocycles. The summed E-state index contributed by atoms with van der Waals surface area (Å²) in [7, 11) is 0. The van der Waals surface area contributed by atoms with E-state index in [-0.39, 0.29) is 6.10 Å². The van der Waals surface area contributed by atoms with Gasteiger partial charge in [-0.05, 0) is 103 Å². The standard InChI is InChI=1S/C29H48O/c1-18(2)19(3)8-9-20(4)23-12-13-25-22-10-11-24-21(5)27(30)15-17-29(24,7)26(22)14-16-28(23,25)6/h8-10,18-21,23-27,30H,11-17H2,1-7H3/b9-8+/t19?,20?,21-,23?,24-,25?,26?,27?,28?,29?/m0/s1. The van der Waals surface area contributed by atoms with Crippen LogP contribution in [0.4, 0.5) is 0 Å². The van der Waals surface area contributed by atoms with Gasteiger partial charge in [-0.25, -0.2) is 0 Å². The number of aliphatic hydroxyl groups is 1. The monoisotopic (exact) mass is 412 g/mol. The lowest BCUT2D eigenvalue weighted by Gasteiger charge is -2.59. The molecule has 0 aromatic heterocycles. The summed E-state index contributed by atoms with van der Waals surface area (Å²) in [6, 6.07) is 0. The van der Waals surface area contributed by atoms with Gasteiger partial charge in [-0.1, -0.05) is 72.3 Å². The third-order valence-electron chi connectivity index (χ3n) is 11.1. The average Bonchev–Trinajstić information content (AvgIpc) is 3.06. The number of hydrogen-bond donors (Lipinski definition) is 1. The Bertz CT molecular complexity index is 688. The van der Waals surface area contributed by atoms with Crippen molar-refractivity contribution in [3.8, 4) is 0 Å². The van der Waals surface area contributed by atoms with Crippen molar-refractivity contribution in [1.82, 2.24) is 0 Å². The molecule has 1 nitrogen and oxygen atoms in total. The number of rotatable bonds is 4. The molecule has 170 valence electrons. The van der Waals surface area contributed by atoms with Crippen LogP contribution in [0.25, 0.3) is 0 Å². The quantitative estimate of drug-likeness (QED) is 0.470. The summed E-state index contributed by atoms with van der Waals surface area (Å²) in [6.45, 7) is 17.1. The van der Waals surface area contributed by atoms with Crippen molar-refractivity contribution in [2.24, 2.45) is 58.2 Å². The Labute approximate surface area is 186 Å². The van der Waals surface area contributed by atoms with E-state index in [1.54, 1.807) is 0 Å². The fourth-order valence-corrected chi connectivity index (χ4v) is 8.56. The van der Waals surface area contributed by atoms with E-state index >= 15 is 0 Å². The largest absolute Gasteiger partial charge is 0.393 e. The van der Waals surface area contributed by atoms with Crippen molar-refractivity contribution in [2.45, 2.75) is 99.5 Å². The van der Waals surface area contributed by atoms with Gasteiger partial charge in [0, 0.05) is 0 Å². The van der Waals surface area contributed by atoms with Gasteiger partial charge in [0.05, 0.1) is 6.10 Å². The Morgan fingerprint density at radius 1 is 0.933 bits per heavy atom. The highest BCUT2D eigenvalue weighted by molar-refractivity contribution is 5.28. The van der Waals surface area contributed by atoms with Gasteiger partial charge >= 0.3 is 0 Å². The van der Waals surface area contributed by atoms with Crippen LogP contribution in [0.1, 0.15) is 93.4 Å². The molecule has 0 aromatic carbocycles. The molecule has 0 amide bonds. The molecule has 1 heteroatoms. The van der Waals surface area contributed by atoms with E-state index in [0.29, 0.717) is 34.5 Å². The van der Waals surface area contributed by atoms with Gasteiger partial charge in [0.25, 0.3) is 0 Å². The molecule has 0 saturated heterocycles. The molecule has 0 radical (unpaired) electrons. The molecular weight excluding hydrogens is 364 g/mol. The Hall–Kier alpha value is -0.560. The highest BCUT2D eigenvalue weighted by Gasteiger charge is 2.58. The molecule has 0 heterocycles. The summed E-state index contributed by atoms with van der Waals surface area (Å²) in [4.78, 5) is 0. The smallest absolute Gasteiger partial charge is 0.0568 e. The van der Waals surface area contributed by atoms with Gasteiger partial charge in [0.1, 0.15) is 0 Å². The first-order valence-electron chi connectivity index (χ1n) is 13.2. The van der Waals surface area contributed by atoms with Gasteiger partial charge in [0.2, 0.25) is 0 Å². The maximum absolute atomic E-state index is 10.5. The average molecular weight is 413 g/mol. The van der Waals surface area contributed by atoms with E-state index in [9.17, 15) is 5.11 Å². The second-order valence-corrected chi connectivity index (χ2v) is 12.7. The van der Waals surface area contributed by atoms with E-state index in [4.69, 9.17) is 0 Å². The van der Waals surface area contributed by atoms with Crippen molar-refractivity contribution in [1.29, 1.82) is 0 Å². The summed E-state index contributed by atoms with van der Waals surface area (Å²) in [6.07, 6.45) is 16.7. The molecular formula is C29H48O. The first-order valence-corrected chi connectivity index (χ1v) is 13.2. The minimum atomic E-state index is -0.0800. The predicted octanol–water partition coefficient (Wildman–Crippen LogP) is 7.66. The molecule has 4 rings (SSSR count). The molecule has 8 unspecified atom stereocenters. The third kappa shape index (κ3) is 3.46. The third-order valence-corrected chi connectivity index (χ3v) is 11.1. The second-order valence-electron chi connectivity index (χ2n) is 12.7. The van der Waals surface area contributed by atoms with Gasteiger partial charge in [-0.15, -0.1) is 0 Å². The van der Waals surface area contributed by atoms with Crippen molar-refractivity contribution >= 4 is 0 Å². The lowest BCUT2D eigenvalue weighted by molar-refractivity contribution is -0.0767. The SMILES string of the molecule is CC(C)C(C)/C=C/C(C)C1CCC2C3=CC[C@H]4[C@H](C)C(O)CCC4(C)C3CCC21C. The summed E-state index contributed by atoms with van der Waals surface area (Å²) in [5, 5.41) is 10.5. The first kappa shape index (κ1) is 22.6. The zero-order chi connectivity index (χ0) is 21.8. The zero-order valence-corrected chi connectivity index (χ0v) is 20.8. The zero-order valence-electron chi connectivity index (χ0n) is 20.8. The summed E-state index contributed by atoms with van der Waals surface area (Å²) in [5.74, 6) is 5.64. The van der Waals surface area contributed by atoms with Gasteiger partial charge < -0.3 is 5.11 Å². The molecule has 0 aliphatic heterocycles. The van der Waals surface area contributed by atoms with E-state index in [1.165, 1.54) is 38.5 Å². The predicted molar refractivity (Wildman–Crippen MR) is 128 cm³/mol. The topological polar surface area (TPSA) is 20.2 Å². The molecule has 30 heavy (non-hydrogen) atoms. The van der Waals surface area contributed by atoms with Crippen molar-refractivity contribution in [3.05, 3.63) is 23.8 Å². The maximum atomic E-state index is 10.5. The van der Waals surface area contributed by atoms with Crippen LogP contribution in [0.2, 0.25) is 0 Å². The summed E-state index contributed by atoms with van der Waals surface area (Å²) < 4.78 is 0. The van der Waals surface area contributed by atoms with E-state index in [1.807, 2.05) is 5.57 Å². The lowest BCUT2D eigenvalue weighted by Crippen LogP contribution is -2.52. The Morgan fingerprint density at radius 3 is 2.30 bits per heavy atom. The van der Waals surface area contributed by atoms with Gasteiger partial charge in [0.15, 0.2) is 0 Å². The molecule has 0 bridgehead atoms. The van der Waals surface area contributed by atoms with Crippen LogP contribution >= 0.6 is 0 Å². The van der Waals surface area contributed by atoms with Crippen molar-refractivity contribution in [3.63, 3.8) is 0 Å². The van der Waals surface area contributed by atoms with Gasteiger partial charge in [-0.2, -0.15) is 0 Å². The number of allylic oxidation sites excluding steroid dienone is 4. The molecule has 3 saturated carbocycles. The lowest BCUT2D eigenvalue weighted by atomic mass is 9.46. The van der Waals surface area contributed by atoms with E-state index in [0.717, 1.165) is 30.1 Å². The number of fused-ring (bicyclic) bond motifs is 5. The molecule has 4 aliphatic rings. The molecule has 10 atom stereocenters. The second kappa shape index (κ2) is 8.09. The molecule has 1 N–H and O–H groups in total. The fourth-order valence-electron chi connectivity index (χ4n) is 8.56. The van der Waals surface area contributed by atoms with Crippen molar-refractivity contribution < 1.29 is 5.11 Å². The van der Waals surface area contributed by atoms with Crippen molar-refractivity contribution in [2.75, 3.05) is 0 Å². The molecule has 0 aromatic rings. The van der Waals surface area contributed by atoms with Gasteiger partial charge in [-0.3, -0.25) is 0 Å². The first-order chi connectivity index (χ1) is 14.1. The summed E-state index contributed by atoms with van der Waals surface area (Å²) in [5.41, 5.74) is 2.75. The molecule has 0 spiro atoms. The van der Waals surface area contributed by atoms with Crippen LogP contribution < -0.4 is 0 Å². The highest BCUT2D eigenvalue weighted by atomic mass is 16.3. The Morgan fingerprint density at radius 2 is 1.60 bits per heavy atom. The minimum absolute atomic E-state index is 0.0800. The van der Waals surface area contributed by atoms with Crippen LogP contribution in [0, 0.1) is 58.2 Å².